The van der Waals surface area contributed by atoms with E-state index in [2.05, 4.69) is 0 Å². The first-order valence-corrected chi connectivity index (χ1v) is 5.97. The lowest BCUT2D eigenvalue weighted by molar-refractivity contribution is -0.145. The quantitative estimate of drug-likeness (QED) is 0.740. The summed E-state index contributed by atoms with van der Waals surface area (Å²) in [4.78, 5) is 11.8. The zero-order chi connectivity index (χ0) is 12.8. The lowest BCUT2D eigenvalue weighted by Gasteiger charge is -2.17. The first-order valence-electron chi connectivity index (χ1n) is 5.97. The Morgan fingerprint density at radius 1 is 1.24 bits per heavy atom. The van der Waals surface area contributed by atoms with Gasteiger partial charge in [-0.3, -0.25) is 4.79 Å². The summed E-state index contributed by atoms with van der Waals surface area (Å²) in [5, 5.41) is 0. The van der Waals surface area contributed by atoms with E-state index in [9.17, 15) is 4.79 Å². The molecule has 0 aliphatic rings. The first kappa shape index (κ1) is 13.5. The fourth-order valence-electron chi connectivity index (χ4n) is 1.97. The summed E-state index contributed by atoms with van der Waals surface area (Å²) in [7, 11) is 0. The minimum atomic E-state index is -0.220. The van der Waals surface area contributed by atoms with Crippen LogP contribution in [0.25, 0.3) is 5.57 Å². The molecule has 0 radical (unpaired) electrons. The van der Waals surface area contributed by atoms with Crippen molar-refractivity contribution < 1.29 is 9.53 Å². The molecular formula is C15H20O2. The van der Waals surface area contributed by atoms with Gasteiger partial charge in [-0.15, -0.1) is 0 Å². The van der Waals surface area contributed by atoms with Crippen LogP contribution in [0.2, 0.25) is 0 Å². The van der Waals surface area contributed by atoms with Gasteiger partial charge >= 0.3 is 5.97 Å². The third kappa shape index (κ3) is 3.45. The van der Waals surface area contributed by atoms with Crippen molar-refractivity contribution >= 4 is 11.5 Å². The maximum atomic E-state index is 11.8. The van der Waals surface area contributed by atoms with Crippen molar-refractivity contribution in [3.8, 4) is 0 Å². The molecule has 1 atom stereocenters. The SMILES string of the molecule is CCOC(=O)C(C)C(=C(C)C)c1ccccc1. The fourth-order valence-corrected chi connectivity index (χ4v) is 1.97. The summed E-state index contributed by atoms with van der Waals surface area (Å²) in [6.07, 6.45) is 0. The van der Waals surface area contributed by atoms with Crippen molar-refractivity contribution in [1.29, 1.82) is 0 Å². The van der Waals surface area contributed by atoms with Crippen molar-refractivity contribution in [3.05, 3.63) is 41.5 Å². The predicted octanol–water partition coefficient (Wildman–Crippen LogP) is 3.68. The van der Waals surface area contributed by atoms with Crippen LogP contribution in [-0.4, -0.2) is 12.6 Å². The van der Waals surface area contributed by atoms with E-state index in [0.29, 0.717) is 6.61 Å². The van der Waals surface area contributed by atoms with E-state index < -0.39 is 0 Å². The first-order chi connectivity index (χ1) is 8.07. The van der Waals surface area contributed by atoms with Gasteiger partial charge in [0.15, 0.2) is 0 Å². The van der Waals surface area contributed by atoms with Gasteiger partial charge < -0.3 is 4.74 Å². The van der Waals surface area contributed by atoms with Crippen molar-refractivity contribution in [2.24, 2.45) is 5.92 Å². The molecule has 2 nitrogen and oxygen atoms in total. The zero-order valence-corrected chi connectivity index (χ0v) is 11.0. The number of allylic oxidation sites excluding steroid dienone is 1. The second-order valence-electron chi connectivity index (χ2n) is 4.25. The summed E-state index contributed by atoms with van der Waals surface area (Å²) < 4.78 is 5.08. The van der Waals surface area contributed by atoms with E-state index in [1.165, 1.54) is 0 Å². The Morgan fingerprint density at radius 3 is 2.29 bits per heavy atom. The molecule has 0 amide bonds. The van der Waals surface area contributed by atoms with Crippen LogP contribution in [0.3, 0.4) is 0 Å². The smallest absolute Gasteiger partial charge is 0.313 e. The Hall–Kier alpha value is -1.57. The van der Waals surface area contributed by atoms with E-state index in [-0.39, 0.29) is 11.9 Å². The second-order valence-corrected chi connectivity index (χ2v) is 4.25. The molecule has 2 heteroatoms. The normalized spacial score (nSPS) is 11.8. The number of hydrogen-bond donors (Lipinski definition) is 0. The summed E-state index contributed by atoms with van der Waals surface area (Å²) in [6, 6.07) is 9.99. The van der Waals surface area contributed by atoms with Crippen LogP contribution < -0.4 is 0 Å². The zero-order valence-electron chi connectivity index (χ0n) is 11.0. The molecule has 0 heterocycles. The Balaban J connectivity index is 3.05. The van der Waals surface area contributed by atoms with Crippen LogP contribution in [0.5, 0.6) is 0 Å². The highest BCUT2D eigenvalue weighted by atomic mass is 16.5. The van der Waals surface area contributed by atoms with Crippen LogP contribution in [0.1, 0.15) is 33.3 Å². The summed E-state index contributed by atoms with van der Waals surface area (Å²) in [5.41, 5.74) is 3.30. The molecule has 0 aliphatic heterocycles. The average molecular weight is 232 g/mol. The van der Waals surface area contributed by atoms with Gasteiger partial charge in [0.05, 0.1) is 12.5 Å². The molecule has 0 fully saturated rings. The summed E-state index contributed by atoms with van der Waals surface area (Å²) in [5.74, 6) is -0.380. The van der Waals surface area contributed by atoms with Crippen molar-refractivity contribution in [2.45, 2.75) is 27.7 Å². The van der Waals surface area contributed by atoms with Crippen molar-refractivity contribution in [1.82, 2.24) is 0 Å². The largest absolute Gasteiger partial charge is 0.466 e. The standard InChI is InChI=1S/C15H20O2/c1-5-17-15(16)12(4)14(11(2)3)13-9-7-6-8-10-13/h6-10,12H,5H2,1-4H3. The van der Waals surface area contributed by atoms with E-state index in [1.807, 2.05) is 58.0 Å². The van der Waals surface area contributed by atoms with Crippen LogP contribution in [-0.2, 0) is 9.53 Å². The molecule has 0 saturated carbocycles. The number of carbonyl (C=O) groups excluding carboxylic acids is 1. The van der Waals surface area contributed by atoms with E-state index in [0.717, 1.165) is 16.7 Å². The molecule has 1 unspecified atom stereocenters. The lowest BCUT2D eigenvalue weighted by atomic mass is 9.90. The molecule has 1 aromatic rings. The number of esters is 1. The molecule has 0 aromatic heterocycles. The molecule has 1 rings (SSSR count). The number of ether oxygens (including phenoxy) is 1. The Labute approximate surface area is 103 Å². The summed E-state index contributed by atoms with van der Waals surface area (Å²) in [6.45, 7) is 8.20. The van der Waals surface area contributed by atoms with Gasteiger partial charge in [0.25, 0.3) is 0 Å². The van der Waals surface area contributed by atoms with E-state index in [1.54, 1.807) is 0 Å². The highest BCUT2D eigenvalue weighted by Crippen LogP contribution is 2.27. The highest BCUT2D eigenvalue weighted by molar-refractivity contribution is 5.89. The monoisotopic (exact) mass is 232 g/mol. The van der Waals surface area contributed by atoms with E-state index >= 15 is 0 Å². The van der Waals surface area contributed by atoms with Crippen LogP contribution >= 0.6 is 0 Å². The number of hydrogen-bond acceptors (Lipinski definition) is 2. The molecule has 0 saturated heterocycles. The van der Waals surface area contributed by atoms with Gasteiger partial charge in [0.2, 0.25) is 0 Å². The topological polar surface area (TPSA) is 26.3 Å². The van der Waals surface area contributed by atoms with Gasteiger partial charge in [-0.25, -0.2) is 0 Å². The number of carbonyl (C=O) groups is 1. The van der Waals surface area contributed by atoms with Gasteiger partial charge in [0.1, 0.15) is 0 Å². The Kier molecular flexibility index (Phi) is 4.95. The molecule has 0 spiro atoms. The van der Waals surface area contributed by atoms with Crippen molar-refractivity contribution in [3.63, 3.8) is 0 Å². The van der Waals surface area contributed by atoms with Crippen LogP contribution in [0.4, 0.5) is 0 Å². The Bertz CT molecular complexity index is 400. The molecule has 17 heavy (non-hydrogen) atoms. The minimum absolute atomic E-state index is 0.160. The fraction of sp³-hybridized carbons (Fsp3) is 0.400. The minimum Gasteiger partial charge on any atom is -0.466 e. The molecular weight excluding hydrogens is 212 g/mol. The third-order valence-electron chi connectivity index (χ3n) is 2.70. The van der Waals surface area contributed by atoms with E-state index in [4.69, 9.17) is 4.74 Å². The molecule has 0 aliphatic carbocycles. The number of rotatable bonds is 4. The molecule has 0 N–H and O–H groups in total. The lowest BCUT2D eigenvalue weighted by Crippen LogP contribution is -2.17. The van der Waals surface area contributed by atoms with Gasteiger partial charge in [-0.2, -0.15) is 0 Å². The summed E-state index contributed by atoms with van der Waals surface area (Å²) >= 11 is 0. The number of benzene rings is 1. The second kappa shape index (κ2) is 6.24. The Morgan fingerprint density at radius 2 is 1.82 bits per heavy atom. The molecule has 0 bridgehead atoms. The average Bonchev–Trinajstić information content (AvgIpc) is 2.30. The third-order valence-corrected chi connectivity index (χ3v) is 2.70. The van der Waals surface area contributed by atoms with Crippen LogP contribution in [0, 0.1) is 5.92 Å². The maximum absolute atomic E-state index is 11.8. The van der Waals surface area contributed by atoms with Gasteiger partial charge in [0, 0.05) is 0 Å². The highest BCUT2D eigenvalue weighted by Gasteiger charge is 2.21. The van der Waals surface area contributed by atoms with Gasteiger partial charge in [-0.05, 0) is 38.8 Å². The van der Waals surface area contributed by atoms with Crippen molar-refractivity contribution in [2.75, 3.05) is 6.61 Å². The molecule has 1 aromatic carbocycles. The maximum Gasteiger partial charge on any atom is 0.313 e. The predicted molar refractivity (Wildman–Crippen MR) is 70.5 cm³/mol. The van der Waals surface area contributed by atoms with Crippen LogP contribution in [0.15, 0.2) is 35.9 Å². The van der Waals surface area contributed by atoms with Gasteiger partial charge in [-0.1, -0.05) is 35.9 Å². The molecule has 92 valence electrons.